The normalized spacial score (nSPS) is 16.0. The highest BCUT2D eigenvalue weighted by molar-refractivity contribution is 7.98. The molecular formula is C8H16N2S. The van der Waals surface area contributed by atoms with E-state index in [1.807, 2.05) is 25.7 Å². The quantitative estimate of drug-likeness (QED) is 0.644. The Balaban J connectivity index is 3.82. The van der Waals surface area contributed by atoms with Crippen LogP contribution >= 0.6 is 11.8 Å². The van der Waals surface area contributed by atoms with Gasteiger partial charge in [0.1, 0.15) is 0 Å². The van der Waals surface area contributed by atoms with Crippen molar-refractivity contribution < 1.29 is 0 Å². The highest BCUT2D eigenvalue weighted by Gasteiger charge is 2.13. The van der Waals surface area contributed by atoms with Crippen LogP contribution in [0.1, 0.15) is 13.8 Å². The third-order valence-electron chi connectivity index (χ3n) is 1.90. The predicted octanol–water partition coefficient (Wildman–Crippen LogP) is 1.58. The molecule has 0 aromatic rings. The van der Waals surface area contributed by atoms with Crippen LogP contribution in [0, 0.1) is 11.3 Å². The lowest BCUT2D eigenvalue weighted by molar-refractivity contribution is 0.249. The Morgan fingerprint density at radius 3 is 2.45 bits per heavy atom. The molecule has 0 rings (SSSR count). The fourth-order valence-electron chi connectivity index (χ4n) is 0.832. The topological polar surface area (TPSA) is 27.0 Å². The Morgan fingerprint density at radius 2 is 2.09 bits per heavy atom. The number of rotatable bonds is 4. The lowest BCUT2D eigenvalue weighted by atomic mass is 10.2. The Labute approximate surface area is 73.6 Å². The van der Waals surface area contributed by atoms with Gasteiger partial charge in [0.15, 0.2) is 0 Å². The van der Waals surface area contributed by atoms with E-state index >= 15 is 0 Å². The summed E-state index contributed by atoms with van der Waals surface area (Å²) in [6.45, 7) is 4.07. The average molecular weight is 172 g/mol. The standard InChI is InChI=1S/C8H16N2S/c1-7(5-9)10(3)8(2)6-11-4/h7-8H,6H2,1-4H3. The molecular weight excluding hydrogens is 156 g/mol. The minimum absolute atomic E-state index is 0.0251. The maximum absolute atomic E-state index is 8.62. The van der Waals surface area contributed by atoms with Crippen LogP contribution in [0.5, 0.6) is 0 Å². The predicted molar refractivity (Wildman–Crippen MR) is 50.7 cm³/mol. The van der Waals surface area contributed by atoms with E-state index in [0.29, 0.717) is 6.04 Å². The summed E-state index contributed by atoms with van der Waals surface area (Å²) in [4.78, 5) is 2.09. The van der Waals surface area contributed by atoms with E-state index in [4.69, 9.17) is 5.26 Å². The summed E-state index contributed by atoms with van der Waals surface area (Å²) in [5.74, 6) is 1.09. The molecule has 0 aliphatic carbocycles. The van der Waals surface area contributed by atoms with E-state index < -0.39 is 0 Å². The maximum Gasteiger partial charge on any atom is 0.0949 e. The zero-order chi connectivity index (χ0) is 8.85. The van der Waals surface area contributed by atoms with Crippen molar-refractivity contribution in [3.63, 3.8) is 0 Å². The van der Waals surface area contributed by atoms with Crippen LogP contribution in [-0.4, -0.2) is 36.0 Å². The van der Waals surface area contributed by atoms with Gasteiger partial charge in [-0.15, -0.1) is 0 Å². The molecule has 11 heavy (non-hydrogen) atoms. The van der Waals surface area contributed by atoms with Gasteiger partial charge >= 0.3 is 0 Å². The molecule has 2 nitrogen and oxygen atoms in total. The fourth-order valence-corrected chi connectivity index (χ4v) is 1.55. The van der Waals surface area contributed by atoms with Crippen molar-refractivity contribution in [3.05, 3.63) is 0 Å². The van der Waals surface area contributed by atoms with Gasteiger partial charge < -0.3 is 0 Å². The summed E-state index contributed by atoms with van der Waals surface area (Å²) in [7, 11) is 1.99. The van der Waals surface area contributed by atoms with Crippen LogP contribution in [0.15, 0.2) is 0 Å². The largest absolute Gasteiger partial charge is 0.288 e. The first-order valence-corrected chi connectivity index (χ1v) is 5.13. The maximum atomic E-state index is 8.62. The van der Waals surface area contributed by atoms with Crippen molar-refractivity contribution in [2.75, 3.05) is 19.1 Å². The van der Waals surface area contributed by atoms with E-state index in [9.17, 15) is 0 Å². The van der Waals surface area contributed by atoms with E-state index in [1.165, 1.54) is 0 Å². The Bertz CT molecular complexity index is 142. The first-order valence-electron chi connectivity index (χ1n) is 3.74. The lowest BCUT2D eigenvalue weighted by Crippen LogP contribution is -2.37. The SMILES string of the molecule is CSCC(C)N(C)C(C)C#N. The molecule has 0 fully saturated rings. The Morgan fingerprint density at radius 1 is 1.55 bits per heavy atom. The van der Waals surface area contributed by atoms with Crippen molar-refractivity contribution in [1.29, 1.82) is 5.26 Å². The van der Waals surface area contributed by atoms with Gasteiger partial charge in [-0.1, -0.05) is 0 Å². The van der Waals surface area contributed by atoms with Crippen molar-refractivity contribution >= 4 is 11.8 Å². The molecule has 0 aromatic heterocycles. The molecule has 0 spiro atoms. The number of thioether (sulfide) groups is 1. The van der Waals surface area contributed by atoms with Crippen LogP contribution in [0.2, 0.25) is 0 Å². The second kappa shape index (κ2) is 5.45. The van der Waals surface area contributed by atoms with Gasteiger partial charge in [0.05, 0.1) is 12.1 Å². The second-order valence-electron chi connectivity index (χ2n) is 2.77. The van der Waals surface area contributed by atoms with E-state index in [2.05, 4.69) is 24.1 Å². The molecule has 0 radical (unpaired) electrons. The van der Waals surface area contributed by atoms with Crippen molar-refractivity contribution in [2.24, 2.45) is 0 Å². The molecule has 0 bridgehead atoms. The van der Waals surface area contributed by atoms with Crippen molar-refractivity contribution in [2.45, 2.75) is 25.9 Å². The monoisotopic (exact) mass is 172 g/mol. The van der Waals surface area contributed by atoms with E-state index in [0.717, 1.165) is 5.75 Å². The van der Waals surface area contributed by atoms with Crippen LogP contribution in [0.4, 0.5) is 0 Å². The fraction of sp³-hybridized carbons (Fsp3) is 0.875. The summed E-state index contributed by atoms with van der Waals surface area (Å²) in [5.41, 5.74) is 0. The number of hydrogen-bond donors (Lipinski definition) is 0. The molecule has 3 heteroatoms. The number of hydrogen-bond acceptors (Lipinski definition) is 3. The average Bonchev–Trinajstić information content (AvgIpc) is 2.02. The Hall–Kier alpha value is -0.200. The summed E-state index contributed by atoms with van der Waals surface area (Å²) in [6.07, 6.45) is 2.08. The van der Waals surface area contributed by atoms with Gasteiger partial charge in [-0.05, 0) is 27.2 Å². The molecule has 0 N–H and O–H groups in total. The first-order chi connectivity index (χ1) is 5.13. The lowest BCUT2D eigenvalue weighted by Gasteiger charge is -2.25. The number of nitrogens with zero attached hydrogens (tertiary/aromatic N) is 2. The Kier molecular flexibility index (Phi) is 5.35. The van der Waals surface area contributed by atoms with Gasteiger partial charge in [-0.2, -0.15) is 17.0 Å². The first kappa shape index (κ1) is 10.8. The zero-order valence-corrected chi connectivity index (χ0v) is 8.48. The molecule has 0 aromatic carbocycles. The molecule has 2 unspecified atom stereocenters. The summed E-state index contributed by atoms with van der Waals surface area (Å²) < 4.78 is 0. The van der Waals surface area contributed by atoms with Gasteiger partial charge in [-0.3, -0.25) is 4.90 Å². The molecule has 0 amide bonds. The molecule has 0 saturated heterocycles. The molecule has 0 heterocycles. The molecule has 0 aliphatic rings. The van der Waals surface area contributed by atoms with Gasteiger partial charge in [0, 0.05) is 11.8 Å². The molecule has 0 aliphatic heterocycles. The third-order valence-corrected chi connectivity index (χ3v) is 2.72. The summed E-state index contributed by atoms with van der Waals surface area (Å²) in [5, 5.41) is 8.62. The molecule has 2 atom stereocenters. The van der Waals surface area contributed by atoms with Crippen LogP contribution in [0.3, 0.4) is 0 Å². The van der Waals surface area contributed by atoms with Crippen LogP contribution in [0.25, 0.3) is 0 Å². The summed E-state index contributed by atoms with van der Waals surface area (Å²) >= 11 is 1.81. The van der Waals surface area contributed by atoms with Crippen molar-refractivity contribution in [1.82, 2.24) is 4.90 Å². The molecule has 0 saturated carbocycles. The minimum Gasteiger partial charge on any atom is -0.288 e. The van der Waals surface area contributed by atoms with Crippen LogP contribution in [-0.2, 0) is 0 Å². The smallest absolute Gasteiger partial charge is 0.0949 e. The van der Waals surface area contributed by atoms with Gasteiger partial charge in [-0.25, -0.2) is 0 Å². The van der Waals surface area contributed by atoms with Crippen LogP contribution < -0.4 is 0 Å². The molecule has 64 valence electrons. The third kappa shape index (κ3) is 3.64. The highest BCUT2D eigenvalue weighted by Crippen LogP contribution is 2.06. The van der Waals surface area contributed by atoms with E-state index in [1.54, 1.807) is 0 Å². The second-order valence-corrected chi connectivity index (χ2v) is 3.69. The van der Waals surface area contributed by atoms with E-state index in [-0.39, 0.29) is 6.04 Å². The summed E-state index contributed by atoms with van der Waals surface area (Å²) in [6, 6.07) is 2.73. The van der Waals surface area contributed by atoms with Crippen molar-refractivity contribution in [3.8, 4) is 6.07 Å². The highest BCUT2D eigenvalue weighted by atomic mass is 32.2. The zero-order valence-electron chi connectivity index (χ0n) is 7.66. The van der Waals surface area contributed by atoms with Gasteiger partial charge in [0.2, 0.25) is 0 Å². The minimum atomic E-state index is 0.0251. The van der Waals surface area contributed by atoms with Gasteiger partial charge in [0.25, 0.3) is 0 Å². The number of nitriles is 1.